The lowest BCUT2D eigenvalue weighted by molar-refractivity contribution is -0.147. The third-order valence-corrected chi connectivity index (χ3v) is 4.78. The highest BCUT2D eigenvalue weighted by Crippen LogP contribution is 2.31. The standard InChI is InChI=1S/C18H25NO3/c1-3-12(2)13-8-10-14(11-9-13)19-17(20)15-6-4-5-7-16(15)18(21)22/h8-12,15-16H,3-7H2,1-2H3,(H,19,20)(H,21,22)/t12-,15+,16+/m0/s1. The predicted octanol–water partition coefficient (Wildman–Crippen LogP) is 4.03. The molecule has 22 heavy (non-hydrogen) atoms. The van der Waals surface area contributed by atoms with Crippen molar-refractivity contribution >= 4 is 17.6 Å². The molecule has 0 radical (unpaired) electrons. The van der Waals surface area contributed by atoms with Crippen LogP contribution in [0.15, 0.2) is 24.3 Å². The lowest BCUT2D eigenvalue weighted by atomic mass is 9.78. The van der Waals surface area contributed by atoms with Crippen molar-refractivity contribution in [3.63, 3.8) is 0 Å². The van der Waals surface area contributed by atoms with Gasteiger partial charge in [-0.15, -0.1) is 0 Å². The topological polar surface area (TPSA) is 66.4 Å². The van der Waals surface area contributed by atoms with E-state index < -0.39 is 17.8 Å². The highest BCUT2D eigenvalue weighted by Gasteiger charge is 2.35. The van der Waals surface area contributed by atoms with Crippen LogP contribution in [0, 0.1) is 11.8 Å². The fourth-order valence-electron chi connectivity index (χ4n) is 3.11. The molecular formula is C18H25NO3. The molecule has 0 spiro atoms. The third-order valence-electron chi connectivity index (χ3n) is 4.78. The zero-order valence-electron chi connectivity index (χ0n) is 13.3. The van der Waals surface area contributed by atoms with Gasteiger partial charge >= 0.3 is 5.97 Å². The van der Waals surface area contributed by atoms with Crippen LogP contribution >= 0.6 is 0 Å². The second kappa shape index (κ2) is 7.43. The number of rotatable bonds is 5. The Morgan fingerprint density at radius 3 is 2.32 bits per heavy atom. The summed E-state index contributed by atoms with van der Waals surface area (Å²) in [5.41, 5.74) is 1.99. The second-order valence-corrected chi connectivity index (χ2v) is 6.26. The van der Waals surface area contributed by atoms with Gasteiger partial charge in [0.15, 0.2) is 0 Å². The summed E-state index contributed by atoms with van der Waals surface area (Å²) in [5, 5.41) is 12.1. The fraction of sp³-hybridized carbons (Fsp3) is 0.556. The second-order valence-electron chi connectivity index (χ2n) is 6.26. The van der Waals surface area contributed by atoms with Crippen molar-refractivity contribution in [3.8, 4) is 0 Å². The SMILES string of the molecule is CC[C@H](C)c1ccc(NC(=O)[C@@H]2CCCC[C@H]2C(=O)O)cc1. The van der Waals surface area contributed by atoms with Gasteiger partial charge in [0.05, 0.1) is 11.8 Å². The average Bonchev–Trinajstić information content (AvgIpc) is 2.54. The highest BCUT2D eigenvalue weighted by molar-refractivity contribution is 5.95. The lowest BCUT2D eigenvalue weighted by Crippen LogP contribution is -2.36. The molecule has 4 heteroatoms. The Bertz CT molecular complexity index is 524. The van der Waals surface area contributed by atoms with Gasteiger partial charge in [0.1, 0.15) is 0 Å². The molecule has 0 bridgehead atoms. The Kier molecular flexibility index (Phi) is 5.58. The molecule has 1 saturated carbocycles. The molecule has 1 fully saturated rings. The van der Waals surface area contributed by atoms with Gasteiger partial charge in [0, 0.05) is 5.69 Å². The summed E-state index contributed by atoms with van der Waals surface area (Å²) in [6.45, 7) is 4.32. The van der Waals surface area contributed by atoms with Gasteiger partial charge in [-0.3, -0.25) is 9.59 Å². The van der Waals surface area contributed by atoms with Gasteiger partial charge in [-0.1, -0.05) is 38.8 Å². The molecule has 1 amide bonds. The van der Waals surface area contributed by atoms with E-state index in [4.69, 9.17) is 0 Å². The molecule has 1 aliphatic carbocycles. The molecule has 0 unspecified atom stereocenters. The molecule has 0 saturated heterocycles. The highest BCUT2D eigenvalue weighted by atomic mass is 16.4. The van der Waals surface area contributed by atoms with Crippen LogP contribution in [0.4, 0.5) is 5.69 Å². The first-order valence-corrected chi connectivity index (χ1v) is 8.16. The van der Waals surface area contributed by atoms with Gasteiger partial charge in [0.2, 0.25) is 5.91 Å². The number of carbonyl (C=O) groups excluding carboxylic acids is 1. The summed E-state index contributed by atoms with van der Waals surface area (Å²) >= 11 is 0. The van der Waals surface area contributed by atoms with E-state index in [2.05, 4.69) is 19.2 Å². The quantitative estimate of drug-likeness (QED) is 0.863. The van der Waals surface area contributed by atoms with Crippen molar-refractivity contribution in [2.75, 3.05) is 5.32 Å². The number of nitrogens with one attached hydrogen (secondary N) is 1. The summed E-state index contributed by atoms with van der Waals surface area (Å²) < 4.78 is 0. The molecule has 120 valence electrons. The summed E-state index contributed by atoms with van der Waals surface area (Å²) in [7, 11) is 0. The molecule has 0 aromatic heterocycles. The maximum atomic E-state index is 12.4. The molecule has 0 heterocycles. The van der Waals surface area contributed by atoms with Gasteiger partial charge in [-0.2, -0.15) is 0 Å². The third kappa shape index (κ3) is 3.87. The molecule has 1 aliphatic rings. The zero-order valence-corrected chi connectivity index (χ0v) is 13.3. The van der Waals surface area contributed by atoms with Crippen LogP contribution in [-0.2, 0) is 9.59 Å². The predicted molar refractivity (Wildman–Crippen MR) is 86.9 cm³/mol. The van der Waals surface area contributed by atoms with E-state index in [0.717, 1.165) is 24.9 Å². The number of benzene rings is 1. The molecule has 2 N–H and O–H groups in total. The Labute approximate surface area is 131 Å². The van der Waals surface area contributed by atoms with Gasteiger partial charge in [-0.25, -0.2) is 0 Å². The smallest absolute Gasteiger partial charge is 0.307 e. The summed E-state index contributed by atoms with van der Waals surface area (Å²) in [6, 6.07) is 7.86. The monoisotopic (exact) mass is 303 g/mol. The first kappa shape index (κ1) is 16.5. The Balaban J connectivity index is 2.03. The lowest BCUT2D eigenvalue weighted by Gasteiger charge is -2.27. The van der Waals surface area contributed by atoms with Gasteiger partial charge in [0.25, 0.3) is 0 Å². The molecular weight excluding hydrogens is 278 g/mol. The van der Waals surface area contributed by atoms with Crippen LogP contribution in [0.1, 0.15) is 57.4 Å². The number of carboxylic acid groups (broad SMARTS) is 1. The minimum Gasteiger partial charge on any atom is -0.481 e. The van der Waals surface area contributed by atoms with E-state index in [-0.39, 0.29) is 5.91 Å². The van der Waals surface area contributed by atoms with Crippen molar-refractivity contribution in [1.29, 1.82) is 0 Å². The van der Waals surface area contributed by atoms with Crippen LogP contribution in [0.3, 0.4) is 0 Å². The Morgan fingerprint density at radius 2 is 1.77 bits per heavy atom. The number of hydrogen-bond acceptors (Lipinski definition) is 2. The maximum Gasteiger partial charge on any atom is 0.307 e. The van der Waals surface area contributed by atoms with Crippen LogP contribution in [-0.4, -0.2) is 17.0 Å². The van der Waals surface area contributed by atoms with Crippen molar-refractivity contribution < 1.29 is 14.7 Å². The fourth-order valence-corrected chi connectivity index (χ4v) is 3.11. The number of anilines is 1. The van der Waals surface area contributed by atoms with Crippen molar-refractivity contribution in [2.45, 2.75) is 51.9 Å². The number of carbonyl (C=O) groups is 2. The summed E-state index contributed by atoms with van der Waals surface area (Å²) in [4.78, 5) is 23.7. The van der Waals surface area contributed by atoms with E-state index in [1.165, 1.54) is 5.56 Å². The van der Waals surface area contributed by atoms with E-state index in [1.54, 1.807) is 0 Å². The molecule has 3 atom stereocenters. The number of aliphatic carboxylic acids is 1. The summed E-state index contributed by atoms with van der Waals surface area (Å²) in [5.74, 6) is -1.48. The molecule has 1 aromatic rings. The number of hydrogen-bond donors (Lipinski definition) is 2. The summed E-state index contributed by atoms with van der Waals surface area (Å²) in [6.07, 6.45) is 4.15. The van der Waals surface area contributed by atoms with Crippen molar-refractivity contribution in [2.24, 2.45) is 11.8 Å². The van der Waals surface area contributed by atoms with Crippen molar-refractivity contribution in [3.05, 3.63) is 29.8 Å². The van der Waals surface area contributed by atoms with Crippen LogP contribution in [0.25, 0.3) is 0 Å². The first-order chi connectivity index (χ1) is 10.5. The Hall–Kier alpha value is -1.84. The maximum absolute atomic E-state index is 12.4. The minimum atomic E-state index is -0.855. The van der Waals surface area contributed by atoms with E-state index >= 15 is 0 Å². The van der Waals surface area contributed by atoms with Crippen LogP contribution < -0.4 is 5.32 Å². The number of amides is 1. The zero-order chi connectivity index (χ0) is 16.1. The van der Waals surface area contributed by atoms with Crippen LogP contribution in [0.2, 0.25) is 0 Å². The Morgan fingerprint density at radius 1 is 1.18 bits per heavy atom. The molecule has 0 aliphatic heterocycles. The van der Waals surface area contributed by atoms with E-state index in [0.29, 0.717) is 18.8 Å². The minimum absolute atomic E-state index is 0.164. The largest absolute Gasteiger partial charge is 0.481 e. The molecule has 2 rings (SSSR count). The van der Waals surface area contributed by atoms with E-state index in [1.807, 2.05) is 24.3 Å². The van der Waals surface area contributed by atoms with Gasteiger partial charge in [-0.05, 0) is 42.9 Å². The van der Waals surface area contributed by atoms with Crippen molar-refractivity contribution in [1.82, 2.24) is 0 Å². The molecule has 4 nitrogen and oxygen atoms in total. The van der Waals surface area contributed by atoms with Gasteiger partial charge < -0.3 is 10.4 Å². The van der Waals surface area contributed by atoms with Crippen LogP contribution in [0.5, 0.6) is 0 Å². The number of carboxylic acids is 1. The first-order valence-electron chi connectivity index (χ1n) is 8.16. The average molecular weight is 303 g/mol. The van der Waals surface area contributed by atoms with E-state index in [9.17, 15) is 14.7 Å². The molecule has 1 aromatic carbocycles. The normalized spacial score (nSPS) is 22.8.